The monoisotopic (exact) mass is 266 g/mol. The molecule has 0 aliphatic rings. The molecule has 4 heteroatoms. The van der Waals surface area contributed by atoms with Gasteiger partial charge in [0.1, 0.15) is 11.6 Å². The molecule has 3 nitrogen and oxygen atoms in total. The molecule has 1 aromatic rings. The van der Waals surface area contributed by atoms with Gasteiger partial charge < -0.3 is 4.84 Å². The van der Waals surface area contributed by atoms with Gasteiger partial charge in [0.05, 0.1) is 5.71 Å². The summed E-state index contributed by atoms with van der Waals surface area (Å²) >= 11 is 3.35. The van der Waals surface area contributed by atoms with Gasteiger partial charge in [0.15, 0.2) is 5.75 Å². The van der Waals surface area contributed by atoms with Crippen molar-refractivity contribution >= 4 is 21.6 Å². The van der Waals surface area contributed by atoms with E-state index in [1.165, 1.54) is 0 Å². The lowest BCUT2D eigenvalue weighted by Crippen LogP contribution is -1.94. The van der Waals surface area contributed by atoms with Gasteiger partial charge in [0.2, 0.25) is 0 Å². The third-order valence-electron chi connectivity index (χ3n) is 1.70. The molecule has 1 rings (SSSR count). The number of hydrogen-bond acceptors (Lipinski definition) is 3. The minimum absolute atomic E-state index is 0.477. The molecule has 0 saturated carbocycles. The maximum absolute atomic E-state index is 8.96. The number of benzene rings is 1. The van der Waals surface area contributed by atoms with Gasteiger partial charge in [-0.05, 0) is 38.5 Å². The molecule has 0 spiro atoms. The van der Waals surface area contributed by atoms with Crippen LogP contribution in [0.3, 0.4) is 0 Å². The molecule has 1 aromatic carbocycles. The van der Waals surface area contributed by atoms with E-state index in [1.807, 2.05) is 26.8 Å². The van der Waals surface area contributed by atoms with Crippen LogP contribution >= 0.6 is 15.9 Å². The lowest BCUT2D eigenvalue weighted by molar-refractivity contribution is 0.339. The van der Waals surface area contributed by atoms with Crippen molar-refractivity contribution in [3.05, 3.63) is 27.7 Å². The average molecular weight is 267 g/mol. The lowest BCUT2D eigenvalue weighted by atomic mass is 10.1. The van der Waals surface area contributed by atoms with E-state index in [0.717, 1.165) is 15.7 Å². The first-order chi connectivity index (χ1) is 7.04. The van der Waals surface area contributed by atoms with E-state index in [2.05, 4.69) is 27.2 Å². The molecule has 15 heavy (non-hydrogen) atoms. The van der Waals surface area contributed by atoms with Crippen molar-refractivity contribution in [2.24, 2.45) is 5.16 Å². The van der Waals surface area contributed by atoms with E-state index in [-0.39, 0.29) is 0 Å². The molecule has 0 aliphatic heterocycles. The summed E-state index contributed by atoms with van der Waals surface area (Å²) in [6.07, 6.45) is 0. The highest BCUT2D eigenvalue weighted by atomic mass is 79.9. The van der Waals surface area contributed by atoms with Crippen LogP contribution in [0, 0.1) is 18.3 Å². The highest BCUT2D eigenvalue weighted by Crippen LogP contribution is 2.26. The van der Waals surface area contributed by atoms with Crippen molar-refractivity contribution in [1.29, 1.82) is 5.26 Å². The largest absolute Gasteiger partial charge is 0.356 e. The fourth-order valence-electron chi connectivity index (χ4n) is 1.07. The van der Waals surface area contributed by atoms with Crippen molar-refractivity contribution in [2.75, 3.05) is 0 Å². The second-order valence-corrected chi connectivity index (χ2v) is 4.25. The third kappa shape index (κ3) is 3.07. The van der Waals surface area contributed by atoms with Gasteiger partial charge in [-0.25, -0.2) is 0 Å². The van der Waals surface area contributed by atoms with Crippen molar-refractivity contribution in [3.8, 4) is 11.8 Å². The van der Waals surface area contributed by atoms with Crippen LogP contribution in [0.2, 0.25) is 0 Å². The van der Waals surface area contributed by atoms with Gasteiger partial charge in [-0.1, -0.05) is 21.1 Å². The number of oxime groups is 1. The van der Waals surface area contributed by atoms with Crippen LogP contribution in [0.5, 0.6) is 5.75 Å². The van der Waals surface area contributed by atoms with Gasteiger partial charge in [0, 0.05) is 4.47 Å². The summed E-state index contributed by atoms with van der Waals surface area (Å²) in [7, 11) is 0. The van der Waals surface area contributed by atoms with E-state index in [0.29, 0.717) is 11.3 Å². The normalized spacial score (nSPS) is 9.27. The van der Waals surface area contributed by atoms with Crippen LogP contribution < -0.4 is 4.84 Å². The Morgan fingerprint density at radius 2 is 2.13 bits per heavy atom. The molecule has 0 amide bonds. The number of halogens is 1. The average Bonchev–Trinajstić information content (AvgIpc) is 2.13. The standard InChI is InChI=1S/C11H11BrN2O/c1-7(2)14-15-11-5-9(12)4-8(3)10(11)6-13/h4-5H,1-3H3. The Morgan fingerprint density at radius 1 is 1.47 bits per heavy atom. The third-order valence-corrected chi connectivity index (χ3v) is 2.16. The topological polar surface area (TPSA) is 45.4 Å². The van der Waals surface area contributed by atoms with E-state index in [4.69, 9.17) is 10.1 Å². The quantitative estimate of drug-likeness (QED) is 0.609. The zero-order valence-corrected chi connectivity index (χ0v) is 10.4. The maximum Gasteiger partial charge on any atom is 0.177 e. The number of nitriles is 1. The Hall–Kier alpha value is -1.34. The molecule has 0 bridgehead atoms. The van der Waals surface area contributed by atoms with E-state index in [9.17, 15) is 0 Å². The summed E-state index contributed by atoms with van der Waals surface area (Å²) < 4.78 is 0.873. The second kappa shape index (κ2) is 4.94. The van der Waals surface area contributed by atoms with Gasteiger partial charge in [-0.3, -0.25) is 0 Å². The molecule has 0 fully saturated rings. The molecular weight excluding hydrogens is 256 g/mol. The van der Waals surface area contributed by atoms with E-state index >= 15 is 0 Å². The first-order valence-corrected chi connectivity index (χ1v) is 5.22. The number of aryl methyl sites for hydroxylation is 1. The summed E-state index contributed by atoms with van der Waals surface area (Å²) in [6, 6.07) is 5.70. The van der Waals surface area contributed by atoms with Crippen LogP contribution in [-0.4, -0.2) is 5.71 Å². The smallest absolute Gasteiger partial charge is 0.177 e. The molecule has 0 aliphatic carbocycles. The fourth-order valence-corrected chi connectivity index (χ4v) is 1.62. The highest BCUT2D eigenvalue weighted by Gasteiger charge is 2.08. The highest BCUT2D eigenvalue weighted by molar-refractivity contribution is 9.10. The molecule has 0 heterocycles. The van der Waals surface area contributed by atoms with Gasteiger partial charge >= 0.3 is 0 Å². The van der Waals surface area contributed by atoms with Crippen molar-refractivity contribution in [2.45, 2.75) is 20.8 Å². The van der Waals surface area contributed by atoms with Crippen LogP contribution in [0.1, 0.15) is 25.0 Å². The van der Waals surface area contributed by atoms with Gasteiger partial charge in [-0.2, -0.15) is 5.26 Å². The van der Waals surface area contributed by atoms with Gasteiger partial charge in [-0.15, -0.1) is 0 Å². The Kier molecular flexibility index (Phi) is 3.87. The van der Waals surface area contributed by atoms with Crippen LogP contribution in [-0.2, 0) is 0 Å². The Balaban J connectivity index is 3.16. The molecule has 0 aromatic heterocycles. The predicted molar refractivity (Wildman–Crippen MR) is 63.0 cm³/mol. The van der Waals surface area contributed by atoms with Crippen LogP contribution in [0.15, 0.2) is 21.8 Å². The summed E-state index contributed by atoms with van der Waals surface area (Å²) in [5.74, 6) is 0.477. The first-order valence-electron chi connectivity index (χ1n) is 4.43. The molecule has 0 saturated heterocycles. The number of rotatable bonds is 2. The maximum atomic E-state index is 8.96. The molecular formula is C11H11BrN2O. The lowest BCUT2D eigenvalue weighted by Gasteiger charge is -2.05. The number of nitrogens with zero attached hydrogens (tertiary/aromatic N) is 2. The Bertz CT molecular complexity index is 443. The summed E-state index contributed by atoms with van der Waals surface area (Å²) in [5.41, 5.74) is 2.19. The number of hydrogen-bond donors (Lipinski definition) is 0. The summed E-state index contributed by atoms with van der Waals surface area (Å²) in [5, 5.41) is 12.8. The van der Waals surface area contributed by atoms with E-state index < -0.39 is 0 Å². The zero-order valence-electron chi connectivity index (χ0n) is 8.84. The zero-order chi connectivity index (χ0) is 11.4. The second-order valence-electron chi connectivity index (χ2n) is 3.34. The minimum atomic E-state index is 0.477. The molecule has 0 N–H and O–H groups in total. The summed E-state index contributed by atoms with van der Waals surface area (Å²) in [6.45, 7) is 5.52. The van der Waals surface area contributed by atoms with Crippen LogP contribution in [0.25, 0.3) is 0 Å². The molecule has 78 valence electrons. The Morgan fingerprint density at radius 3 is 2.67 bits per heavy atom. The van der Waals surface area contributed by atoms with Gasteiger partial charge in [0.25, 0.3) is 0 Å². The predicted octanol–water partition coefficient (Wildman–Crippen LogP) is 3.40. The SMILES string of the molecule is CC(C)=NOc1cc(Br)cc(C)c1C#N. The van der Waals surface area contributed by atoms with Crippen LogP contribution in [0.4, 0.5) is 0 Å². The summed E-state index contributed by atoms with van der Waals surface area (Å²) in [4.78, 5) is 5.19. The molecule has 0 unspecified atom stereocenters. The van der Waals surface area contributed by atoms with Crippen molar-refractivity contribution in [3.63, 3.8) is 0 Å². The van der Waals surface area contributed by atoms with Crippen molar-refractivity contribution in [1.82, 2.24) is 0 Å². The minimum Gasteiger partial charge on any atom is -0.356 e. The Labute approximate surface area is 97.5 Å². The molecule has 0 atom stereocenters. The molecule has 0 radical (unpaired) electrons. The fraction of sp³-hybridized carbons (Fsp3) is 0.273. The first kappa shape index (κ1) is 11.7. The van der Waals surface area contributed by atoms with Crippen molar-refractivity contribution < 1.29 is 4.84 Å². The van der Waals surface area contributed by atoms with E-state index in [1.54, 1.807) is 6.07 Å².